The van der Waals surface area contributed by atoms with E-state index >= 15 is 0 Å². The van der Waals surface area contributed by atoms with Crippen LogP contribution in [0.25, 0.3) is 10.9 Å². The summed E-state index contributed by atoms with van der Waals surface area (Å²) in [4.78, 5) is 3.71. The van der Waals surface area contributed by atoms with Crippen LogP contribution in [0.3, 0.4) is 0 Å². The van der Waals surface area contributed by atoms with Crippen molar-refractivity contribution in [2.45, 2.75) is 69.7 Å². The number of fused-ring (bicyclic) bond motifs is 5. The van der Waals surface area contributed by atoms with E-state index in [-0.39, 0.29) is 0 Å². The first-order valence-electron chi connectivity index (χ1n) is 8.80. The molecule has 2 aliphatic heterocycles. The summed E-state index contributed by atoms with van der Waals surface area (Å²) >= 11 is 0. The van der Waals surface area contributed by atoms with Gasteiger partial charge in [-0.1, -0.05) is 11.6 Å². The maximum Gasteiger partial charge on any atom is 0.0733 e. The van der Waals surface area contributed by atoms with Gasteiger partial charge in [0.2, 0.25) is 0 Å². The first-order valence-corrected chi connectivity index (χ1v) is 8.80. The van der Waals surface area contributed by atoms with Gasteiger partial charge in [0.05, 0.1) is 12.2 Å². The third kappa shape index (κ3) is 1.95. The number of hydrogen-bond acceptors (Lipinski definition) is 2. The summed E-state index contributed by atoms with van der Waals surface area (Å²) in [6.45, 7) is 2.18. The lowest BCUT2D eigenvalue weighted by molar-refractivity contribution is 0.0955. The van der Waals surface area contributed by atoms with E-state index in [0.29, 0.717) is 24.3 Å². The number of hydrogen-bond donors (Lipinski definition) is 2. The molecule has 3 heteroatoms. The third-order valence-corrected chi connectivity index (χ3v) is 5.88. The van der Waals surface area contributed by atoms with Crippen LogP contribution in [0.5, 0.6) is 0 Å². The largest absolute Gasteiger partial charge is 0.373 e. The van der Waals surface area contributed by atoms with Gasteiger partial charge in [-0.2, -0.15) is 0 Å². The lowest BCUT2D eigenvalue weighted by Crippen LogP contribution is -2.40. The van der Waals surface area contributed by atoms with Gasteiger partial charge in [0.1, 0.15) is 0 Å². The van der Waals surface area contributed by atoms with Crippen LogP contribution in [0.2, 0.25) is 0 Å². The van der Waals surface area contributed by atoms with E-state index in [2.05, 4.69) is 35.4 Å². The molecule has 3 aliphatic rings. The van der Waals surface area contributed by atoms with Crippen molar-refractivity contribution in [3.63, 3.8) is 0 Å². The molecule has 0 spiro atoms. The van der Waals surface area contributed by atoms with Crippen molar-refractivity contribution in [3.8, 4) is 0 Å². The van der Waals surface area contributed by atoms with Crippen molar-refractivity contribution >= 4 is 10.9 Å². The zero-order valence-corrected chi connectivity index (χ0v) is 13.2. The molecule has 0 unspecified atom stereocenters. The predicted octanol–water partition coefficient (Wildman–Crippen LogP) is 3.76. The molecule has 2 saturated heterocycles. The number of nitrogens with one attached hydrogen (secondary N) is 2. The fraction of sp³-hybridized carbons (Fsp3) is 0.579. The Hall–Kier alpha value is -1.32. The van der Waals surface area contributed by atoms with Gasteiger partial charge in [0.15, 0.2) is 0 Å². The minimum Gasteiger partial charge on any atom is -0.373 e. The van der Waals surface area contributed by atoms with E-state index in [1.807, 2.05) is 0 Å². The van der Waals surface area contributed by atoms with Crippen LogP contribution in [-0.4, -0.2) is 23.2 Å². The standard InChI is InChI=1S/C19H24N2O/c1-11-5-7-15-14(9-11)13-3-2-4-16(19(13)21-15)20-17-10-12-6-8-18(17)22-12/h5,7,9,12,16-18,20-21H,2-4,6,8,10H2,1H3/t12-,16-,17+,18-/m1/s1. The molecule has 2 bridgehead atoms. The van der Waals surface area contributed by atoms with E-state index in [4.69, 9.17) is 4.74 Å². The summed E-state index contributed by atoms with van der Waals surface area (Å²) in [5.41, 5.74) is 5.64. The highest BCUT2D eigenvalue weighted by Gasteiger charge is 2.42. The Morgan fingerprint density at radius 2 is 2.18 bits per heavy atom. The Balaban J connectivity index is 1.48. The fourth-order valence-electron chi connectivity index (χ4n) is 4.81. The van der Waals surface area contributed by atoms with Gasteiger partial charge in [0.25, 0.3) is 0 Å². The summed E-state index contributed by atoms with van der Waals surface area (Å²) in [7, 11) is 0. The maximum atomic E-state index is 6.02. The average Bonchev–Trinajstić information content (AvgIpc) is 3.21. The lowest BCUT2D eigenvalue weighted by Gasteiger charge is -2.29. The molecule has 1 aromatic heterocycles. The Morgan fingerprint density at radius 3 is 3.00 bits per heavy atom. The van der Waals surface area contributed by atoms with Crippen LogP contribution < -0.4 is 5.32 Å². The van der Waals surface area contributed by atoms with E-state index in [1.165, 1.54) is 60.7 Å². The average molecular weight is 296 g/mol. The van der Waals surface area contributed by atoms with Crippen molar-refractivity contribution in [1.82, 2.24) is 10.3 Å². The van der Waals surface area contributed by atoms with Crippen molar-refractivity contribution in [1.29, 1.82) is 0 Å². The summed E-state index contributed by atoms with van der Waals surface area (Å²) in [6.07, 6.45) is 8.44. The van der Waals surface area contributed by atoms with Crippen molar-refractivity contribution in [3.05, 3.63) is 35.0 Å². The number of aryl methyl sites for hydroxylation is 2. The van der Waals surface area contributed by atoms with Crippen LogP contribution in [0.1, 0.15) is 55.0 Å². The summed E-state index contributed by atoms with van der Waals surface area (Å²) in [5.74, 6) is 0. The molecule has 3 heterocycles. The quantitative estimate of drug-likeness (QED) is 0.885. The van der Waals surface area contributed by atoms with E-state index < -0.39 is 0 Å². The molecule has 116 valence electrons. The van der Waals surface area contributed by atoms with Gasteiger partial charge in [-0.05, 0) is 63.1 Å². The van der Waals surface area contributed by atoms with Gasteiger partial charge < -0.3 is 15.0 Å². The smallest absolute Gasteiger partial charge is 0.0733 e. The second-order valence-corrected chi connectivity index (χ2v) is 7.39. The van der Waals surface area contributed by atoms with Crippen LogP contribution in [0.4, 0.5) is 0 Å². The van der Waals surface area contributed by atoms with E-state index in [0.717, 1.165) is 0 Å². The van der Waals surface area contributed by atoms with E-state index in [9.17, 15) is 0 Å². The SMILES string of the molecule is Cc1ccc2[nH]c3c(c2c1)CCC[C@H]3N[C@H]1C[C@H]2CC[C@H]1O2. The van der Waals surface area contributed by atoms with Crippen molar-refractivity contribution in [2.24, 2.45) is 0 Å². The van der Waals surface area contributed by atoms with Gasteiger partial charge in [0, 0.05) is 28.7 Å². The zero-order valence-electron chi connectivity index (χ0n) is 13.2. The Bertz CT molecular complexity index is 720. The van der Waals surface area contributed by atoms with Crippen molar-refractivity contribution < 1.29 is 4.74 Å². The molecule has 1 aliphatic carbocycles. The number of rotatable bonds is 2. The molecule has 2 N–H and O–H groups in total. The third-order valence-electron chi connectivity index (χ3n) is 5.88. The molecular weight excluding hydrogens is 272 g/mol. The minimum atomic E-state index is 0.460. The highest BCUT2D eigenvalue weighted by Crippen LogP contribution is 2.39. The highest BCUT2D eigenvalue weighted by atomic mass is 16.5. The Labute approximate surface area is 131 Å². The van der Waals surface area contributed by atoms with Crippen LogP contribution in [-0.2, 0) is 11.2 Å². The first kappa shape index (κ1) is 13.1. The molecular formula is C19H24N2O. The molecule has 1 aromatic carbocycles. The summed E-state index contributed by atoms with van der Waals surface area (Å²) < 4.78 is 6.02. The predicted molar refractivity (Wildman–Crippen MR) is 88.2 cm³/mol. The van der Waals surface area contributed by atoms with Crippen LogP contribution >= 0.6 is 0 Å². The molecule has 0 amide bonds. The molecule has 5 rings (SSSR count). The molecule has 22 heavy (non-hydrogen) atoms. The second-order valence-electron chi connectivity index (χ2n) is 7.39. The molecule has 3 nitrogen and oxygen atoms in total. The molecule has 2 aromatic rings. The van der Waals surface area contributed by atoms with E-state index in [1.54, 1.807) is 5.56 Å². The Morgan fingerprint density at radius 1 is 1.23 bits per heavy atom. The normalized spacial score (nSPS) is 33.5. The lowest BCUT2D eigenvalue weighted by atomic mass is 9.89. The van der Waals surface area contributed by atoms with Crippen molar-refractivity contribution in [2.75, 3.05) is 0 Å². The number of aromatic nitrogens is 1. The maximum absolute atomic E-state index is 6.02. The van der Waals surface area contributed by atoms with Gasteiger partial charge in [-0.25, -0.2) is 0 Å². The Kier molecular flexibility index (Phi) is 2.89. The summed E-state index contributed by atoms with van der Waals surface area (Å²) in [5, 5.41) is 5.36. The van der Waals surface area contributed by atoms with Crippen LogP contribution in [0.15, 0.2) is 18.2 Å². The number of benzene rings is 1. The van der Waals surface area contributed by atoms with Gasteiger partial charge >= 0.3 is 0 Å². The molecule has 2 fully saturated rings. The highest BCUT2D eigenvalue weighted by molar-refractivity contribution is 5.85. The summed E-state index contributed by atoms with van der Waals surface area (Å²) in [6, 6.07) is 7.82. The molecule has 0 radical (unpaired) electrons. The monoisotopic (exact) mass is 296 g/mol. The second kappa shape index (κ2) is 4.84. The number of ether oxygens (including phenoxy) is 1. The molecule has 0 saturated carbocycles. The number of H-pyrrole nitrogens is 1. The topological polar surface area (TPSA) is 37.0 Å². The number of aromatic amines is 1. The minimum absolute atomic E-state index is 0.460. The molecule has 4 atom stereocenters. The van der Waals surface area contributed by atoms with Gasteiger partial charge in [-0.3, -0.25) is 0 Å². The van der Waals surface area contributed by atoms with Crippen LogP contribution in [0, 0.1) is 6.92 Å². The fourth-order valence-corrected chi connectivity index (χ4v) is 4.81. The zero-order chi connectivity index (χ0) is 14.7. The first-order chi connectivity index (χ1) is 10.8. The van der Waals surface area contributed by atoms with Gasteiger partial charge in [-0.15, -0.1) is 0 Å².